The third-order valence-electron chi connectivity index (χ3n) is 9.52. The van der Waals surface area contributed by atoms with Gasteiger partial charge >= 0.3 is 18.4 Å². The zero-order chi connectivity index (χ0) is 29.5. The van der Waals surface area contributed by atoms with Gasteiger partial charge < -0.3 is 20.3 Å². The lowest BCUT2D eigenvalue weighted by molar-refractivity contribution is -0.166. The number of aliphatic imine (C=N–C) groups is 1. The highest BCUT2D eigenvalue weighted by Crippen LogP contribution is 2.68. The molecular weight excluding hydrogens is 554 g/mol. The Morgan fingerprint density at radius 1 is 1.24 bits per heavy atom. The summed E-state index contributed by atoms with van der Waals surface area (Å²) in [6.45, 7) is 2.67. The molecule has 6 atom stereocenters. The van der Waals surface area contributed by atoms with E-state index in [0.29, 0.717) is 19.4 Å². The lowest BCUT2D eigenvalue weighted by Crippen LogP contribution is -2.48. The summed E-state index contributed by atoms with van der Waals surface area (Å²) in [5, 5.41) is 14.9. The molecule has 0 aromatic rings. The first kappa shape index (κ1) is 28.1. The second-order valence-corrected chi connectivity index (χ2v) is 12.3. The molecule has 1 amide bonds. The van der Waals surface area contributed by atoms with Crippen LogP contribution in [0.3, 0.4) is 0 Å². The van der Waals surface area contributed by atoms with Gasteiger partial charge in [0, 0.05) is 73.4 Å². The molecule has 1 saturated heterocycles. The molecule has 6 aliphatic rings. The number of hydrogen-bond donors (Lipinski definition) is 3. The van der Waals surface area contributed by atoms with E-state index < -0.39 is 53.6 Å². The molecule has 6 unspecified atom stereocenters. The van der Waals surface area contributed by atoms with Crippen LogP contribution in [0.1, 0.15) is 32.6 Å². The van der Waals surface area contributed by atoms with Gasteiger partial charge in [0.2, 0.25) is 0 Å². The number of amides is 1. The molecule has 0 aromatic heterocycles. The first-order chi connectivity index (χ1) is 19.1. The van der Waals surface area contributed by atoms with Gasteiger partial charge in [-0.3, -0.25) is 9.89 Å². The smallest absolute Gasteiger partial charge is 0.412 e. The zero-order valence-corrected chi connectivity index (χ0v) is 22.6. The van der Waals surface area contributed by atoms with Crippen molar-refractivity contribution in [1.29, 1.82) is 0 Å². The summed E-state index contributed by atoms with van der Waals surface area (Å²) < 4.78 is 82.0. The van der Waals surface area contributed by atoms with E-state index in [9.17, 15) is 36.2 Å². The van der Waals surface area contributed by atoms with Crippen molar-refractivity contribution in [3.05, 3.63) is 46.8 Å². The number of nitrogens with one attached hydrogen (secondary N) is 2. The van der Waals surface area contributed by atoms with Crippen LogP contribution in [-0.2, 0) is 0 Å². The average molecular weight is 587 g/mol. The maximum Gasteiger partial charge on any atom is 0.412 e. The van der Waals surface area contributed by atoms with Crippen molar-refractivity contribution in [2.24, 2.45) is 22.2 Å². The van der Waals surface area contributed by atoms with Crippen molar-refractivity contribution < 1.29 is 36.2 Å². The first-order valence-corrected chi connectivity index (χ1v) is 13.6. The van der Waals surface area contributed by atoms with Crippen LogP contribution in [0.5, 0.6) is 0 Å². The van der Waals surface area contributed by atoms with Crippen LogP contribution in [-0.4, -0.2) is 89.1 Å². The molecule has 0 radical (unpaired) electrons. The summed E-state index contributed by atoms with van der Waals surface area (Å²) in [5.74, 6) is -2.05. The standard InChI is InChI=1S/C27H32F6N6O2/c1-15-6-25(15)13-24(14-39(25)23(40)41)7-21(24)38(22-34-8-17(9-35-22)18-10-36-37(2)12-18)11-16-3-19(26(28,29)30)5-20(4-16)27(31,32)33/h3-4,8-9,12,15,19,21-22,34,36H,5-7,10-11,13-14H2,1-2H3,(H,40,41). The number of carbonyl (C=O) groups is 1. The fraction of sp³-hybridized carbons (Fsp3) is 0.630. The topological polar surface area (TPSA) is 83.4 Å². The molecule has 8 nitrogen and oxygen atoms in total. The summed E-state index contributed by atoms with van der Waals surface area (Å²) in [6.07, 6.45) is -3.64. The third kappa shape index (κ3) is 5.02. The van der Waals surface area contributed by atoms with Gasteiger partial charge in [-0.1, -0.05) is 13.0 Å². The number of nitrogens with zero attached hydrogens (tertiary/aromatic N) is 4. The largest absolute Gasteiger partial charge is 0.465 e. The summed E-state index contributed by atoms with van der Waals surface area (Å²) >= 11 is 0. The molecule has 0 bridgehead atoms. The quantitative estimate of drug-likeness (QED) is 0.415. The van der Waals surface area contributed by atoms with E-state index in [1.807, 2.05) is 20.2 Å². The summed E-state index contributed by atoms with van der Waals surface area (Å²) in [5.41, 5.74) is 2.73. The Balaban J connectivity index is 1.30. The molecule has 3 heterocycles. The zero-order valence-electron chi connectivity index (χ0n) is 22.6. The minimum absolute atomic E-state index is 0.0772. The van der Waals surface area contributed by atoms with Crippen molar-refractivity contribution in [3.8, 4) is 0 Å². The average Bonchev–Trinajstić information content (AvgIpc) is 3.61. The van der Waals surface area contributed by atoms with Gasteiger partial charge in [0.15, 0.2) is 6.29 Å². The summed E-state index contributed by atoms with van der Waals surface area (Å²) in [6, 6.07) is -0.269. The van der Waals surface area contributed by atoms with Gasteiger partial charge in [0.25, 0.3) is 0 Å². The summed E-state index contributed by atoms with van der Waals surface area (Å²) in [4.78, 5) is 20.0. The van der Waals surface area contributed by atoms with Crippen molar-refractivity contribution in [3.63, 3.8) is 0 Å². The monoisotopic (exact) mass is 586 g/mol. The molecule has 224 valence electrons. The van der Waals surface area contributed by atoms with Gasteiger partial charge in [0.05, 0.1) is 5.92 Å². The number of hydrogen-bond acceptors (Lipinski definition) is 6. The second kappa shape index (κ2) is 9.25. The molecule has 3 aliphatic heterocycles. The number of allylic oxidation sites excluding steroid dienone is 2. The number of carboxylic acid groups (broad SMARTS) is 1. The normalized spacial score (nSPS) is 36.4. The number of halogens is 6. The van der Waals surface area contributed by atoms with Gasteiger partial charge in [-0.2, -0.15) is 26.3 Å². The van der Waals surface area contributed by atoms with Crippen LogP contribution >= 0.6 is 0 Å². The van der Waals surface area contributed by atoms with Gasteiger partial charge in [-0.05, 0) is 48.8 Å². The van der Waals surface area contributed by atoms with Crippen LogP contribution in [0.25, 0.3) is 0 Å². The third-order valence-corrected chi connectivity index (χ3v) is 9.52. The van der Waals surface area contributed by atoms with Gasteiger partial charge in [-0.15, -0.1) is 0 Å². The van der Waals surface area contributed by atoms with E-state index in [4.69, 9.17) is 0 Å². The molecule has 14 heteroatoms. The second-order valence-electron chi connectivity index (χ2n) is 12.3. The predicted octanol–water partition coefficient (Wildman–Crippen LogP) is 4.38. The minimum atomic E-state index is -4.88. The van der Waals surface area contributed by atoms with Gasteiger partial charge in [-0.25, -0.2) is 10.2 Å². The van der Waals surface area contributed by atoms with E-state index in [-0.39, 0.29) is 30.6 Å². The minimum Gasteiger partial charge on any atom is -0.465 e. The van der Waals surface area contributed by atoms with Crippen molar-refractivity contribution in [1.82, 2.24) is 25.6 Å². The molecule has 3 fully saturated rings. The summed E-state index contributed by atoms with van der Waals surface area (Å²) in [7, 11) is 1.85. The Hall–Kier alpha value is -3.00. The van der Waals surface area contributed by atoms with Crippen LogP contribution in [0.15, 0.2) is 51.8 Å². The number of alkyl halides is 6. The first-order valence-electron chi connectivity index (χ1n) is 13.6. The highest BCUT2D eigenvalue weighted by Gasteiger charge is 2.73. The van der Waals surface area contributed by atoms with Gasteiger partial charge in [0.1, 0.15) is 0 Å². The molecule has 3 aliphatic carbocycles. The van der Waals surface area contributed by atoms with Crippen molar-refractivity contribution in [2.75, 3.05) is 26.7 Å². The maximum atomic E-state index is 13.7. The Labute approximate surface area is 233 Å². The van der Waals surface area contributed by atoms with E-state index in [1.165, 1.54) is 4.90 Å². The predicted molar refractivity (Wildman–Crippen MR) is 137 cm³/mol. The Kier molecular flexibility index (Phi) is 6.35. The molecule has 2 spiro atoms. The molecule has 41 heavy (non-hydrogen) atoms. The van der Waals surface area contributed by atoms with Crippen LogP contribution < -0.4 is 10.7 Å². The Bertz CT molecular complexity index is 1290. The maximum absolute atomic E-state index is 13.7. The molecule has 0 aromatic carbocycles. The lowest BCUT2D eigenvalue weighted by atomic mass is 9.89. The highest BCUT2D eigenvalue weighted by atomic mass is 19.4. The number of rotatable bonds is 5. The Morgan fingerprint density at radius 3 is 2.49 bits per heavy atom. The SMILES string of the molecule is CC1CC12CC1(CC1N(CC1=CC(C(F)(F)F)CC(C(F)(F)F)=C1)C1N=CC(C3=CN(C)NC3)=CN1)CN2C(=O)O. The van der Waals surface area contributed by atoms with E-state index in [2.05, 4.69) is 15.7 Å². The molecular formula is C27H32F6N6O2. The molecule has 2 saturated carbocycles. The van der Waals surface area contributed by atoms with Crippen molar-refractivity contribution >= 4 is 12.3 Å². The number of hydrazine groups is 1. The van der Waals surface area contributed by atoms with Crippen LogP contribution in [0, 0.1) is 17.3 Å². The molecule has 3 N–H and O–H groups in total. The van der Waals surface area contributed by atoms with E-state index >= 15 is 0 Å². The van der Waals surface area contributed by atoms with E-state index in [1.54, 1.807) is 22.3 Å². The van der Waals surface area contributed by atoms with Crippen LogP contribution in [0.2, 0.25) is 0 Å². The highest BCUT2D eigenvalue weighted by molar-refractivity contribution is 5.85. The lowest BCUT2D eigenvalue weighted by Gasteiger charge is -2.34. The van der Waals surface area contributed by atoms with Crippen LogP contribution in [0.4, 0.5) is 31.1 Å². The fourth-order valence-electron chi connectivity index (χ4n) is 7.17. The van der Waals surface area contributed by atoms with E-state index in [0.717, 1.165) is 29.7 Å². The number of likely N-dealkylation sites (tertiary alicyclic amines) is 1. The van der Waals surface area contributed by atoms with Crippen molar-refractivity contribution in [2.45, 2.75) is 62.8 Å². The Morgan fingerprint density at radius 2 is 1.98 bits per heavy atom. The fourth-order valence-corrected chi connectivity index (χ4v) is 7.17. The molecule has 6 rings (SSSR count).